The zero-order valence-corrected chi connectivity index (χ0v) is 19.7. The molecule has 2 aliphatic rings. The molecule has 3 heterocycles. The molecule has 1 aromatic heterocycles. The smallest absolute Gasteiger partial charge is 0.270 e. The fourth-order valence-corrected chi connectivity index (χ4v) is 3.73. The van der Waals surface area contributed by atoms with E-state index in [1.165, 1.54) is 41.4 Å². The van der Waals surface area contributed by atoms with E-state index < -0.39 is 29.3 Å². The van der Waals surface area contributed by atoms with Crippen LogP contribution in [0.5, 0.6) is 17.2 Å². The standard InChI is InChI=1S/C27H22FN3O6/c1-31-23-11-17(7-9-27(34)15-35-16-27)5-6-24(23)36-14-22(26(31)33)30-25(32)21-13-20(8-10-29-21)37-19-4-2-3-18(28)12-19/h2-6,8,10-13,22,34H,14-16H2,1H3,(H,30,32). The number of aromatic nitrogens is 1. The lowest BCUT2D eigenvalue weighted by Crippen LogP contribution is -2.49. The van der Waals surface area contributed by atoms with Crippen molar-refractivity contribution < 1.29 is 33.3 Å². The van der Waals surface area contributed by atoms with Gasteiger partial charge in [-0.05, 0) is 36.4 Å². The first-order valence-corrected chi connectivity index (χ1v) is 11.4. The number of anilines is 1. The maximum Gasteiger partial charge on any atom is 0.270 e. The predicted molar refractivity (Wildman–Crippen MR) is 130 cm³/mol. The molecule has 9 nitrogen and oxygen atoms in total. The number of aliphatic hydroxyl groups is 1. The highest BCUT2D eigenvalue weighted by molar-refractivity contribution is 6.03. The van der Waals surface area contributed by atoms with Crippen LogP contribution in [0.1, 0.15) is 16.1 Å². The largest absolute Gasteiger partial charge is 0.489 e. The minimum Gasteiger partial charge on any atom is -0.489 e. The maximum absolute atomic E-state index is 13.4. The Hall–Kier alpha value is -4.46. The second-order valence-corrected chi connectivity index (χ2v) is 8.63. The van der Waals surface area contributed by atoms with Gasteiger partial charge < -0.3 is 29.5 Å². The Morgan fingerprint density at radius 1 is 1.22 bits per heavy atom. The summed E-state index contributed by atoms with van der Waals surface area (Å²) in [6, 6.07) is 12.6. The van der Waals surface area contributed by atoms with Gasteiger partial charge in [-0.3, -0.25) is 14.6 Å². The molecule has 0 spiro atoms. The average molecular weight is 503 g/mol. The molecular formula is C27H22FN3O6. The highest BCUT2D eigenvalue weighted by atomic mass is 19.1. The minimum absolute atomic E-state index is 0.0154. The van der Waals surface area contributed by atoms with Gasteiger partial charge in [0.1, 0.15) is 41.4 Å². The van der Waals surface area contributed by atoms with E-state index in [-0.39, 0.29) is 37.0 Å². The summed E-state index contributed by atoms with van der Waals surface area (Å²) in [5.41, 5.74) is -0.0756. The summed E-state index contributed by atoms with van der Waals surface area (Å²) in [4.78, 5) is 31.5. The molecular weight excluding hydrogens is 481 g/mol. The summed E-state index contributed by atoms with van der Waals surface area (Å²) in [5.74, 6) is 5.23. The monoisotopic (exact) mass is 503 g/mol. The number of hydrogen-bond acceptors (Lipinski definition) is 7. The van der Waals surface area contributed by atoms with Gasteiger partial charge in [-0.1, -0.05) is 17.9 Å². The molecule has 188 valence electrons. The number of nitrogens with zero attached hydrogens (tertiary/aromatic N) is 2. The fraction of sp³-hybridized carbons (Fsp3) is 0.222. The number of nitrogens with one attached hydrogen (secondary N) is 1. The molecule has 2 aliphatic heterocycles. The van der Waals surface area contributed by atoms with Crippen molar-refractivity contribution in [3.63, 3.8) is 0 Å². The number of pyridine rings is 1. The van der Waals surface area contributed by atoms with E-state index in [0.717, 1.165) is 0 Å². The third kappa shape index (κ3) is 5.38. The van der Waals surface area contributed by atoms with E-state index in [9.17, 15) is 19.1 Å². The molecule has 1 atom stereocenters. The van der Waals surface area contributed by atoms with Crippen molar-refractivity contribution in [3.8, 4) is 29.1 Å². The van der Waals surface area contributed by atoms with Crippen LogP contribution in [0, 0.1) is 17.7 Å². The van der Waals surface area contributed by atoms with Gasteiger partial charge in [0.05, 0.1) is 18.9 Å². The Morgan fingerprint density at radius 3 is 2.78 bits per heavy atom. The van der Waals surface area contributed by atoms with Crippen LogP contribution < -0.4 is 19.7 Å². The highest BCUT2D eigenvalue weighted by Gasteiger charge is 2.34. The summed E-state index contributed by atoms with van der Waals surface area (Å²) < 4.78 is 29.8. The first-order chi connectivity index (χ1) is 17.8. The van der Waals surface area contributed by atoms with Crippen molar-refractivity contribution >= 4 is 17.5 Å². The van der Waals surface area contributed by atoms with Crippen molar-refractivity contribution in [1.82, 2.24) is 10.3 Å². The van der Waals surface area contributed by atoms with Crippen LogP contribution in [0.2, 0.25) is 0 Å². The van der Waals surface area contributed by atoms with Crippen molar-refractivity contribution in [3.05, 3.63) is 77.9 Å². The van der Waals surface area contributed by atoms with E-state index in [0.29, 0.717) is 17.0 Å². The van der Waals surface area contributed by atoms with Crippen LogP contribution in [-0.4, -0.2) is 60.4 Å². The van der Waals surface area contributed by atoms with Crippen LogP contribution in [-0.2, 0) is 9.53 Å². The molecule has 37 heavy (non-hydrogen) atoms. The first-order valence-electron chi connectivity index (χ1n) is 11.4. The molecule has 2 N–H and O–H groups in total. The predicted octanol–water partition coefficient (Wildman–Crippen LogP) is 2.28. The number of benzene rings is 2. The van der Waals surface area contributed by atoms with E-state index in [1.807, 2.05) is 0 Å². The summed E-state index contributed by atoms with van der Waals surface area (Å²) >= 11 is 0. The van der Waals surface area contributed by atoms with Crippen LogP contribution >= 0.6 is 0 Å². The SMILES string of the molecule is CN1C(=O)C(NC(=O)c2cc(Oc3cccc(F)c3)ccn2)COc2ccc(C#CC3(O)COC3)cc21. The number of likely N-dealkylation sites (N-methyl/N-ethyl adjacent to an activating group) is 1. The second kappa shape index (κ2) is 9.89. The van der Waals surface area contributed by atoms with Crippen LogP contribution in [0.25, 0.3) is 0 Å². The van der Waals surface area contributed by atoms with Gasteiger partial charge in [0.15, 0.2) is 5.60 Å². The Labute approximate surface area is 211 Å². The van der Waals surface area contributed by atoms with Gasteiger partial charge in [-0.25, -0.2) is 4.39 Å². The van der Waals surface area contributed by atoms with Gasteiger partial charge >= 0.3 is 0 Å². The number of carbonyl (C=O) groups excluding carboxylic acids is 2. The molecule has 1 fully saturated rings. The third-order valence-corrected chi connectivity index (χ3v) is 5.78. The summed E-state index contributed by atoms with van der Waals surface area (Å²) in [7, 11) is 1.57. The molecule has 0 radical (unpaired) electrons. The number of hydrogen-bond donors (Lipinski definition) is 2. The van der Waals surface area contributed by atoms with Crippen LogP contribution in [0.4, 0.5) is 10.1 Å². The van der Waals surface area contributed by atoms with Crippen molar-refractivity contribution in [1.29, 1.82) is 0 Å². The summed E-state index contributed by atoms with van der Waals surface area (Å²) in [5, 5.41) is 12.8. The van der Waals surface area contributed by atoms with Gasteiger partial charge in [0.25, 0.3) is 11.8 Å². The van der Waals surface area contributed by atoms with E-state index >= 15 is 0 Å². The molecule has 1 unspecified atom stereocenters. The zero-order chi connectivity index (χ0) is 26.0. The zero-order valence-electron chi connectivity index (χ0n) is 19.7. The van der Waals surface area contributed by atoms with Crippen molar-refractivity contribution in [2.45, 2.75) is 11.6 Å². The fourth-order valence-electron chi connectivity index (χ4n) is 3.73. The number of carbonyl (C=O) groups is 2. The molecule has 0 saturated carbocycles. The van der Waals surface area contributed by atoms with Gasteiger partial charge in [0, 0.05) is 30.9 Å². The number of fused-ring (bicyclic) bond motifs is 1. The molecule has 0 aliphatic carbocycles. The first kappa shape index (κ1) is 24.2. The molecule has 5 rings (SSSR count). The summed E-state index contributed by atoms with van der Waals surface area (Å²) in [6.07, 6.45) is 1.38. The Morgan fingerprint density at radius 2 is 2.03 bits per heavy atom. The van der Waals surface area contributed by atoms with Crippen LogP contribution in [0.15, 0.2) is 60.8 Å². The van der Waals surface area contributed by atoms with Gasteiger partial charge in [0.2, 0.25) is 0 Å². The maximum atomic E-state index is 13.4. The topological polar surface area (TPSA) is 110 Å². The molecule has 3 aromatic rings. The second-order valence-electron chi connectivity index (χ2n) is 8.63. The third-order valence-electron chi connectivity index (χ3n) is 5.78. The number of ether oxygens (including phenoxy) is 3. The van der Waals surface area contributed by atoms with Gasteiger partial charge in [-0.15, -0.1) is 0 Å². The molecule has 2 amide bonds. The normalized spacial score (nSPS) is 17.8. The quantitative estimate of drug-likeness (QED) is 0.526. The van der Waals surface area contributed by atoms with E-state index in [2.05, 4.69) is 22.1 Å². The lowest BCUT2D eigenvalue weighted by molar-refractivity contribution is -0.140. The van der Waals surface area contributed by atoms with Crippen LogP contribution in [0.3, 0.4) is 0 Å². The van der Waals surface area contributed by atoms with E-state index in [4.69, 9.17) is 14.2 Å². The average Bonchev–Trinajstić information content (AvgIpc) is 2.98. The molecule has 1 saturated heterocycles. The number of halogens is 1. The lowest BCUT2D eigenvalue weighted by atomic mass is 10.0. The van der Waals surface area contributed by atoms with Crippen molar-refractivity contribution in [2.24, 2.45) is 0 Å². The highest BCUT2D eigenvalue weighted by Crippen LogP contribution is 2.32. The van der Waals surface area contributed by atoms with Gasteiger partial charge in [-0.2, -0.15) is 0 Å². The molecule has 2 aromatic carbocycles. The lowest BCUT2D eigenvalue weighted by Gasteiger charge is -2.30. The Balaban J connectivity index is 1.29. The number of rotatable bonds is 4. The van der Waals surface area contributed by atoms with E-state index in [1.54, 1.807) is 31.3 Å². The Kier molecular flexibility index (Phi) is 6.48. The molecule has 10 heteroatoms. The van der Waals surface area contributed by atoms with Crippen molar-refractivity contribution in [2.75, 3.05) is 31.8 Å². The minimum atomic E-state index is -1.16. The number of amides is 2. The Bertz CT molecular complexity index is 1430. The molecule has 0 bridgehead atoms. The summed E-state index contributed by atoms with van der Waals surface area (Å²) in [6.45, 7) is 0.217.